The minimum Gasteiger partial charge on any atom is -0.402 e. The molecule has 1 radical (unpaired) electrons. The number of para-hydroxylation sites is 1. The number of ether oxygens (including phenoxy) is 2. The van der Waals surface area contributed by atoms with Gasteiger partial charge in [-0.15, -0.1) is 26.3 Å². The molecule has 0 aliphatic rings. The van der Waals surface area contributed by atoms with Gasteiger partial charge in [0.15, 0.2) is 11.5 Å². The van der Waals surface area contributed by atoms with Gasteiger partial charge in [-0.25, -0.2) is 0 Å². The third kappa shape index (κ3) is 4.41. The molecule has 0 amide bonds. The van der Waals surface area contributed by atoms with Crippen LogP contribution in [0, 0.1) is 6.92 Å². The zero-order valence-corrected chi connectivity index (χ0v) is 8.02. The average molecular weight is 259 g/mol. The van der Waals surface area contributed by atoms with Crippen LogP contribution in [-0.4, -0.2) is 12.7 Å². The maximum atomic E-state index is 11.9. The van der Waals surface area contributed by atoms with Crippen LogP contribution < -0.4 is 9.47 Å². The maximum Gasteiger partial charge on any atom is 0.573 e. The van der Waals surface area contributed by atoms with Crippen molar-refractivity contribution < 1.29 is 35.8 Å². The number of halogens is 6. The van der Waals surface area contributed by atoms with Gasteiger partial charge in [-0.05, 0) is 18.6 Å². The molecule has 2 nitrogen and oxygen atoms in total. The SMILES string of the molecule is [CH2]c1cccc(OC(F)(F)F)c1OC(F)(F)F. The largest absolute Gasteiger partial charge is 0.573 e. The molecule has 0 aromatic heterocycles. The van der Waals surface area contributed by atoms with Crippen molar-refractivity contribution in [2.75, 3.05) is 0 Å². The molecule has 0 saturated carbocycles. The summed E-state index contributed by atoms with van der Waals surface area (Å²) in [7, 11) is 0. The minimum atomic E-state index is -5.13. The van der Waals surface area contributed by atoms with Crippen molar-refractivity contribution in [3.63, 3.8) is 0 Å². The maximum absolute atomic E-state index is 11.9. The Bertz CT molecular complexity index is 395. The molecular formula is C9H5F6O2. The zero-order chi connectivity index (χ0) is 13.3. The molecule has 17 heavy (non-hydrogen) atoms. The van der Waals surface area contributed by atoms with Crippen LogP contribution in [0.3, 0.4) is 0 Å². The van der Waals surface area contributed by atoms with E-state index in [1.54, 1.807) is 0 Å². The lowest BCUT2D eigenvalue weighted by Crippen LogP contribution is -2.21. The van der Waals surface area contributed by atoms with Crippen LogP contribution in [0.4, 0.5) is 26.3 Å². The molecule has 0 aliphatic heterocycles. The highest BCUT2D eigenvalue weighted by Crippen LogP contribution is 2.37. The van der Waals surface area contributed by atoms with E-state index in [0.717, 1.165) is 12.1 Å². The fourth-order valence-electron chi connectivity index (χ4n) is 0.998. The highest BCUT2D eigenvalue weighted by Gasteiger charge is 2.37. The van der Waals surface area contributed by atoms with E-state index < -0.39 is 24.2 Å². The fourth-order valence-corrected chi connectivity index (χ4v) is 0.998. The molecule has 0 saturated heterocycles. The zero-order valence-electron chi connectivity index (χ0n) is 8.02. The Labute approximate surface area is 91.7 Å². The van der Waals surface area contributed by atoms with Crippen molar-refractivity contribution in [3.8, 4) is 11.5 Å². The molecule has 0 N–H and O–H groups in total. The lowest BCUT2D eigenvalue weighted by molar-refractivity contribution is -0.287. The second-order valence-electron chi connectivity index (χ2n) is 2.84. The Kier molecular flexibility index (Phi) is 3.44. The number of benzene rings is 1. The minimum absolute atomic E-state index is 0.371. The molecule has 95 valence electrons. The van der Waals surface area contributed by atoms with Crippen molar-refractivity contribution in [3.05, 3.63) is 30.7 Å². The van der Waals surface area contributed by atoms with E-state index in [2.05, 4.69) is 16.4 Å². The van der Waals surface area contributed by atoms with Crippen LogP contribution in [-0.2, 0) is 0 Å². The first-order chi connectivity index (χ1) is 7.58. The Balaban J connectivity index is 3.09. The predicted octanol–water partition coefficient (Wildman–Crippen LogP) is 3.67. The lowest BCUT2D eigenvalue weighted by atomic mass is 10.2. The van der Waals surface area contributed by atoms with Crippen molar-refractivity contribution in [2.24, 2.45) is 0 Å². The Morgan fingerprint density at radius 3 is 1.88 bits per heavy atom. The Morgan fingerprint density at radius 2 is 1.41 bits per heavy atom. The second kappa shape index (κ2) is 4.34. The monoisotopic (exact) mass is 259 g/mol. The highest BCUT2D eigenvalue weighted by atomic mass is 19.4. The summed E-state index contributed by atoms with van der Waals surface area (Å²) in [6.45, 7) is 3.12. The molecule has 0 fully saturated rings. The summed E-state index contributed by atoms with van der Waals surface area (Å²) in [5.41, 5.74) is -0.371. The number of hydrogen-bond acceptors (Lipinski definition) is 2. The first kappa shape index (κ1) is 13.5. The quantitative estimate of drug-likeness (QED) is 0.754. The van der Waals surface area contributed by atoms with Gasteiger partial charge in [-0.3, -0.25) is 0 Å². The van der Waals surface area contributed by atoms with E-state index in [0.29, 0.717) is 6.07 Å². The highest BCUT2D eigenvalue weighted by molar-refractivity contribution is 5.48. The summed E-state index contributed by atoms with van der Waals surface area (Å²) in [6, 6.07) is 2.82. The summed E-state index contributed by atoms with van der Waals surface area (Å²) in [5.74, 6) is -2.21. The summed E-state index contributed by atoms with van der Waals surface area (Å²) in [4.78, 5) is 0. The standard InChI is InChI=1S/C9H5F6O2/c1-5-3-2-4-6(16-8(10,11)12)7(5)17-9(13,14)15/h2-4H,1H2. The smallest absolute Gasteiger partial charge is 0.402 e. The van der Waals surface area contributed by atoms with Crippen molar-refractivity contribution in [1.29, 1.82) is 0 Å². The van der Waals surface area contributed by atoms with Gasteiger partial charge in [0.1, 0.15) is 0 Å². The van der Waals surface area contributed by atoms with Crippen LogP contribution in [0.25, 0.3) is 0 Å². The lowest BCUT2D eigenvalue weighted by Gasteiger charge is -2.16. The van der Waals surface area contributed by atoms with Crippen LogP contribution in [0.15, 0.2) is 18.2 Å². The van der Waals surface area contributed by atoms with E-state index in [-0.39, 0.29) is 5.56 Å². The van der Waals surface area contributed by atoms with Gasteiger partial charge in [0.2, 0.25) is 0 Å². The van der Waals surface area contributed by atoms with E-state index >= 15 is 0 Å². The predicted molar refractivity (Wildman–Crippen MR) is 44.3 cm³/mol. The molecule has 1 aromatic rings. The third-order valence-corrected chi connectivity index (χ3v) is 1.50. The van der Waals surface area contributed by atoms with Crippen molar-refractivity contribution in [2.45, 2.75) is 12.7 Å². The Hall–Kier alpha value is -1.60. The fraction of sp³-hybridized carbons (Fsp3) is 0.222. The van der Waals surface area contributed by atoms with Crippen LogP contribution in [0.2, 0.25) is 0 Å². The third-order valence-electron chi connectivity index (χ3n) is 1.50. The number of rotatable bonds is 2. The molecule has 1 aromatic carbocycles. The molecule has 0 bridgehead atoms. The molecule has 0 aliphatic carbocycles. The molecule has 1 rings (SSSR count). The number of hydrogen-bond donors (Lipinski definition) is 0. The molecule has 0 unspecified atom stereocenters. The van der Waals surface area contributed by atoms with Crippen molar-refractivity contribution >= 4 is 0 Å². The van der Waals surface area contributed by atoms with E-state index in [9.17, 15) is 26.3 Å². The summed E-state index contributed by atoms with van der Waals surface area (Å²) in [6.07, 6.45) is -10.2. The molecular weight excluding hydrogens is 254 g/mol. The first-order valence-electron chi connectivity index (χ1n) is 4.05. The first-order valence-corrected chi connectivity index (χ1v) is 4.05. The second-order valence-corrected chi connectivity index (χ2v) is 2.84. The van der Waals surface area contributed by atoms with E-state index in [1.807, 2.05) is 0 Å². The summed E-state index contributed by atoms with van der Waals surface area (Å²) in [5, 5.41) is 0. The normalized spacial score (nSPS) is 12.4. The van der Waals surface area contributed by atoms with Crippen LogP contribution in [0.5, 0.6) is 11.5 Å². The van der Waals surface area contributed by atoms with Gasteiger partial charge < -0.3 is 9.47 Å². The van der Waals surface area contributed by atoms with Crippen molar-refractivity contribution in [1.82, 2.24) is 0 Å². The van der Waals surface area contributed by atoms with Gasteiger partial charge in [-0.1, -0.05) is 12.1 Å². The number of alkyl halides is 6. The Morgan fingerprint density at radius 1 is 0.882 bits per heavy atom. The van der Waals surface area contributed by atoms with Gasteiger partial charge >= 0.3 is 12.7 Å². The van der Waals surface area contributed by atoms with E-state index in [1.165, 1.54) is 0 Å². The van der Waals surface area contributed by atoms with E-state index in [4.69, 9.17) is 0 Å². The summed E-state index contributed by atoms with van der Waals surface area (Å²) < 4.78 is 78.4. The molecule has 0 atom stereocenters. The van der Waals surface area contributed by atoms with Crippen LogP contribution in [0.1, 0.15) is 5.56 Å². The van der Waals surface area contributed by atoms with Gasteiger partial charge in [-0.2, -0.15) is 0 Å². The van der Waals surface area contributed by atoms with Gasteiger partial charge in [0.25, 0.3) is 0 Å². The van der Waals surface area contributed by atoms with Gasteiger partial charge in [0.05, 0.1) is 0 Å². The van der Waals surface area contributed by atoms with Crippen LogP contribution >= 0.6 is 0 Å². The topological polar surface area (TPSA) is 18.5 Å². The molecule has 8 heteroatoms. The van der Waals surface area contributed by atoms with Gasteiger partial charge in [0, 0.05) is 0 Å². The molecule has 0 spiro atoms. The molecule has 0 heterocycles. The average Bonchev–Trinajstić information content (AvgIpc) is 2.07. The summed E-state index contributed by atoms with van der Waals surface area (Å²) >= 11 is 0.